The number of hydrogen-bond acceptors (Lipinski definition) is 7. The summed E-state index contributed by atoms with van der Waals surface area (Å²) in [5.41, 5.74) is -0.809. The van der Waals surface area contributed by atoms with Crippen molar-refractivity contribution in [3.8, 4) is 17.0 Å². The number of nitrogens with zero attached hydrogens (tertiary/aromatic N) is 2. The molecule has 0 unspecified atom stereocenters. The monoisotopic (exact) mass is 528 g/mol. The average Bonchev–Trinajstić information content (AvgIpc) is 3.11. The number of carbonyl (C=O) groups is 1. The van der Waals surface area contributed by atoms with Gasteiger partial charge < -0.3 is 14.6 Å². The summed E-state index contributed by atoms with van der Waals surface area (Å²) in [4.78, 5) is 33.6. The minimum absolute atomic E-state index is 0.0109. The second-order valence-corrected chi connectivity index (χ2v) is 11.3. The van der Waals surface area contributed by atoms with Crippen LogP contribution in [0.25, 0.3) is 11.3 Å². The van der Waals surface area contributed by atoms with Crippen molar-refractivity contribution in [3.05, 3.63) is 70.4 Å². The third-order valence-electron chi connectivity index (χ3n) is 6.29. The summed E-state index contributed by atoms with van der Waals surface area (Å²) in [5, 5.41) is 0. The zero-order chi connectivity index (χ0) is 27.0. The van der Waals surface area contributed by atoms with Gasteiger partial charge >= 0.3 is 0 Å². The summed E-state index contributed by atoms with van der Waals surface area (Å²) in [6, 6.07) is 10.1. The molecule has 1 amide bonds. The Balaban J connectivity index is 1.81. The first kappa shape index (κ1) is 26.3. The van der Waals surface area contributed by atoms with Crippen LogP contribution < -0.4 is 19.9 Å². The molecule has 1 fully saturated rings. The second kappa shape index (κ2) is 9.97. The van der Waals surface area contributed by atoms with Gasteiger partial charge in [0.2, 0.25) is 0 Å². The number of ether oxygens (including phenoxy) is 1. The molecule has 0 saturated carbocycles. The number of amides is 1. The van der Waals surface area contributed by atoms with Crippen molar-refractivity contribution < 1.29 is 22.3 Å². The van der Waals surface area contributed by atoms with Gasteiger partial charge in [0.05, 0.1) is 17.9 Å². The fourth-order valence-electron chi connectivity index (χ4n) is 4.77. The number of sulfonamides is 1. The van der Waals surface area contributed by atoms with Crippen LogP contribution in [0.4, 0.5) is 10.2 Å². The van der Waals surface area contributed by atoms with Crippen LogP contribution in [0.5, 0.6) is 5.75 Å². The van der Waals surface area contributed by atoms with E-state index >= 15 is 4.39 Å². The summed E-state index contributed by atoms with van der Waals surface area (Å²) < 4.78 is 48.2. The highest BCUT2D eigenvalue weighted by Crippen LogP contribution is 2.39. The lowest BCUT2D eigenvalue weighted by atomic mass is 9.97. The zero-order valence-electron chi connectivity index (χ0n) is 21.0. The van der Waals surface area contributed by atoms with E-state index in [0.29, 0.717) is 6.54 Å². The molecule has 1 aliphatic rings. The number of rotatable bonds is 7. The van der Waals surface area contributed by atoms with Crippen molar-refractivity contribution in [1.82, 2.24) is 14.7 Å². The maximum absolute atomic E-state index is 15.2. The highest BCUT2D eigenvalue weighted by Gasteiger charge is 2.39. The van der Waals surface area contributed by atoms with Gasteiger partial charge in [-0.25, -0.2) is 22.5 Å². The molecular weight excluding hydrogens is 499 g/mol. The summed E-state index contributed by atoms with van der Waals surface area (Å²) in [7, 11) is -4.47. The van der Waals surface area contributed by atoms with Crippen LogP contribution in [-0.2, 0) is 10.0 Å². The molecule has 3 aromatic rings. The van der Waals surface area contributed by atoms with Crippen molar-refractivity contribution >= 4 is 21.7 Å². The van der Waals surface area contributed by atoms with Crippen molar-refractivity contribution in [2.24, 2.45) is 5.92 Å². The van der Waals surface area contributed by atoms with E-state index in [9.17, 15) is 18.0 Å². The minimum atomic E-state index is -4.47. The molecule has 0 aliphatic carbocycles. The third kappa shape index (κ3) is 5.22. The maximum Gasteiger partial charge on any atom is 0.269 e. The summed E-state index contributed by atoms with van der Waals surface area (Å²) in [6.45, 7) is 8.69. The molecule has 4 rings (SSSR count). The number of aromatic amines is 1. The van der Waals surface area contributed by atoms with Gasteiger partial charge in [-0.15, -0.1) is 0 Å². The van der Waals surface area contributed by atoms with E-state index < -0.39 is 37.7 Å². The topological polar surface area (TPSA) is 121 Å². The van der Waals surface area contributed by atoms with Crippen LogP contribution >= 0.6 is 0 Å². The maximum atomic E-state index is 15.2. The summed E-state index contributed by atoms with van der Waals surface area (Å²) in [5.74, 6) is -0.945. The van der Waals surface area contributed by atoms with Gasteiger partial charge in [-0.1, -0.05) is 13.0 Å². The quantitative estimate of drug-likeness (QED) is 0.479. The van der Waals surface area contributed by atoms with Crippen molar-refractivity contribution in [2.45, 2.75) is 44.6 Å². The van der Waals surface area contributed by atoms with Gasteiger partial charge in [-0.05, 0) is 69.5 Å². The Bertz CT molecular complexity index is 1500. The molecule has 1 aromatic carbocycles. The largest absolute Gasteiger partial charge is 0.491 e. The number of anilines is 1. The van der Waals surface area contributed by atoms with Crippen LogP contribution in [0.2, 0.25) is 0 Å². The van der Waals surface area contributed by atoms with Crippen LogP contribution in [0.1, 0.15) is 44.5 Å². The smallest absolute Gasteiger partial charge is 0.269 e. The van der Waals surface area contributed by atoms with Gasteiger partial charge in [-0.2, -0.15) is 0 Å². The summed E-state index contributed by atoms with van der Waals surface area (Å²) >= 11 is 0. The molecule has 37 heavy (non-hydrogen) atoms. The van der Waals surface area contributed by atoms with Crippen LogP contribution in [0, 0.1) is 11.7 Å². The van der Waals surface area contributed by atoms with E-state index in [4.69, 9.17) is 4.74 Å². The molecule has 0 spiro atoms. The van der Waals surface area contributed by atoms with E-state index in [0.717, 1.165) is 12.5 Å². The normalized spacial score (nSPS) is 17.0. The fraction of sp³-hybridized carbons (Fsp3) is 0.346. The Morgan fingerprint density at radius 1 is 1.24 bits per heavy atom. The van der Waals surface area contributed by atoms with Gasteiger partial charge in [0.15, 0.2) is 16.5 Å². The Labute approximate surface area is 214 Å². The van der Waals surface area contributed by atoms with E-state index in [1.807, 2.05) is 23.5 Å². The molecule has 1 atom stereocenters. The van der Waals surface area contributed by atoms with Gasteiger partial charge in [0, 0.05) is 23.8 Å². The fourth-order valence-corrected chi connectivity index (χ4v) is 5.79. The molecule has 0 radical (unpaired) electrons. The lowest BCUT2D eigenvalue weighted by Gasteiger charge is -2.34. The number of pyridine rings is 2. The molecular formula is C26H29FN4O5S. The van der Waals surface area contributed by atoms with E-state index in [1.54, 1.807) is 19.1 Å². The number of aromatic nitrogens is 2. The Morgan fingerprint density at radius 2 is 2.00 bits per heavy atom. The van der Waals surface area contributed by atoms with Crippen LogP contribution in [-0.4, -0.2) is 43.0 Å². The number of hydrogen-bond donors (Lipinski definition) is 2. The first-order chi connectivity index (χ1) is 17.4. The van der Waals surface area contributed by atoms with Crippen molar-refractivity contribution in [1.29, 1.82) is 0 Å². The molecule has 3 heterocycles. The molecule has 1 saturated heterocycles. The first-order valence-corrected chi connectivity index (χ1v) is 13.4. The molecule has 1 aliphatic heterocycles. The standard InChI is InChI=1S/C26H29FN4O5S/c1-5-36-20-9-6-8-17(22(20)27)19-12-11-18(23(29-19)31-15-16(2)14-26(31,3)4)24(32)30-37(34,35)21-10-7-13-28-25(21)33/h6-13,16H,5,14-15H2,1-4H3,(H,28,33)(H,30,32)/t16-/m0/s1. The van der Waals surface area contributed by atoms with Crippen LogP contribution in [0.3, 0.4) is 0 Å². The SMILES string of the molecule is CCOc1cccc(-c2ccc(C(=O)NS(=O)(=O)c3ccc[nH]c3=O)c(N3C[C@@H](C)CC3(C)C)n2)c1F. The number of benzene rings is 1. The molecule has 9 nitrogen and oxygen atoms in total. The number of nitrogens with one attached hydrogen (secondary N) is 2. The lowest BCUT2D eigenvalue weighted by molar-refractivity contribution is 0.0981. The third-order valence-corrected chi connectivity index (χ3v) is 7.64. The molecule has 0 bridgehead atoms. The van der Waals surface area contributed by atoms with E-state index in [2.05, 4.69) is 16.9 Å². The zero-order valence-corrected chi connectivity index (χ0v) is 21.9. The Morgan fingerprint density at radius 3 is 2.65 bits per heavy atom. The molecule has 2 N–H and O–H groups in total. The predicted octanol–water partition coefficient (Wildman–Crippen LogP) is 3.72. The second-order valence-electron chi connectivity index (χ2n) is 9.65. The highest BCUT2D eigenvalue weighted by atomic mass is 32.2. The average molecular weight is 529 g/mol. The Hall–Kier alpha value is -3.73. The van der Waals surface area contributed by atoms with Crippen LogP contribution in [0.15, 0.2) is 58.4 Å². The van der Waals surface area contributed by atoms with E-state index in [-0.39, 0.29) is 40.9 Å². The number of carbonyl (C=O) groups excluding carboxylic acids is 1. The van der Waals surface area contributed by atoms with Gasteiger partial charge in [0.1, 0.15) is 5.82 Å². The molecule has 2 aromatic heterocycles. The highest BCUT2D eigenvalue weighted by molar-refractivity contribution is 7.90. The van der Waals surface area contributed by atoms with E-state index in [1.165, 1.54) is 30.5 Å². The van der Waals surface area contributed by atoms with Crippen molar-refractivity contribution in [3.63, 3.8) is 0 Å². The molecule has 11 heteroatoms. The number of H-pyrrole nitrogens is 1. The lowest BCUT2D eigenvalue weighted by Crippen LogP contribution is -2.41. The predicted molar refractivity (Wildman–Crippen MR) is 138 cm³/mol. The summed E-state index contributed by atoms with van der Waals surface area (Å²) in [6.07, 6.45) is 2.10. The number of halogens is 1. The van der Waals surface area contributed by atoms with Gasteiger partial charge in [-0.3, -0.25) is 9.59 Å². The van der Waals surface area contributed by atoms with Gasteiger partial charge in [0.25, 0.3) is 21.5 Å². The molecule has 196 valence electrons. The van der Waals surface area contributed by atoms with Crippen molar-refractivity contribution in [2.75, 3.05) is 18.1 Å². The Kier molecular flexibility index (Phi) is 7.09. The first-order valence-electron chi connectivity index (χ1n) is 11.9. The minimum Gasteiger partial charge on any atom is -0.491 e.